The van der Waals surface area contributed by atoms with Crippen LogP contribution in [0.1, 0.15) is 5.69 Å². The minimum atomic E-state index is -0.494. The van der Waals surface area contributed by atoms with Crippen molar-refractivity contribution in [1.29, 1.82) is 0 Å². The highest BCUT2D eigenvalue weighted by Crippen LogP contribution is 2.20. The van der Waals surface area contributed by atoms with Gasteiger partial charge in [-0.1, -0.05) is 11.6 Å². The molecule has 2 aromatic heterocycles. The molecule has 0 aliphatic heterocycles. The second-order valence-electron chi connectivity index (χ2n) is 6.42. The molecule has 0 unspecified atom stereocenters. The second-order valence-corrected chi connectivity index (χ2v) is 6.85. The van der Waals surface area contributed by atoms with E-state index in [0.29, 0.717) is 33.4 Å². The van der Waals surface area contributed by atoms with E-state index in [2.05, 4.69) is 15.4 Å². The average molecular weight is 412 g/mol. The summed E-state index contributed by atoms with van der Waals surface area (Å²) in [7, 11) is 0. The molecule has 0 saturated carbocycles. The monoisotopic (exact) mass is 411 g/mol. The Bertz CT molecular complexity index is 1260. The van der Waals surface area contributed by atoms with E-state index in [1.807, 2.05) is 0 Å². The van der Waals surface area contributed by atoms with Crippen molar-refractivity contribution >= 4 is 28.8 Å². The Hall–Kier alpha value is -3.52. The molecule has 2 heterocycles. The van der Waals surface area contributed by atoms with E-state index in [-0.39, 0.29) is 6.54 Å². The number of nitrogens with zero attached hydrogens (tertiary/aromatic N) is 4. The first-order valence-electron chi connectivity index (χ1n) is 8.69. The normalized spacial score (nSPS) is 11.0. The molecule has 9 heteroatoms. The number of hydrogen-bond donors (Lipinski definition) is 1. The number of carbonyl (C=O) groups is 1. The fourth-order valence-corrected chi connectivity index (χ4v) is 3.04. The van der Waals surface area contributed by atoms with Crippen LogP contribution in [0, 0.1) is 12.7 Å². The lowest BCUT2D eigenvalue weighted by molar-refractivity contribution is -0.117. The van der Waals surface area contributed by atoms with Gasteiger partial charge in [-0.15, -0.1) is 5.10 Å². The summed E-state index contributed by atoms with van der Waals surface area (Å²) in [6.45, 7) is 1.50. The maximum atomic E-state index is 13.0. The van der Waals surface area contributed by atoms with Gasteiger partial charge in [0.1, 0.15) is 18.2 Å². The Labute approximate surface area is 169 Å². The predicted octanol–water partition coefficient (Wildman–Crippen LogP) is 3.30. The fraction of sp³-hybridized carbons (Fsp3) is 0.100. The Morgan fingerprint density at radius 3 is 2.52 bits per heavy atom. The number of nitrogens with one attached hydrogen (secondary N) is 1. The van der Waals surface area contributed by atoms with Crippen molar-refractivity contribution in [3.05, 3.63) is 81.6 Å². The van der Waals surface area contributed by atoms with Gasteiger partial charge in [-0.3, -0.25) is 4.79 Å². The summed E-state index contributed by atoms with van der Waals surface area (Å²) in [5.41, 5.74) is 1.68. The van der Waals surface area contributed by atoms with Crippen LogP contribution in [-0.4, -0.2) is 25.1 Å². The summed E-state index contributed by atoms with van der Waals surface area (Å²) < 4.78 is 15.4. The van der Waals surface area contributed by atoms with Crippen molar-refractivity contribution in [3.63, 3.8) is 0 Å². The van der Waals surface area contributed by atoms with E-state index in [4.69, 9.17) is 11.6 Å². The molecule has 7 nitrogen and oxygen atoms in total. The molecule has 0 saturated heterocycles. The Morgan fingerprint density at radius 1 is 1.14 bits per heavy atom. The van der Waals surface area contributed by atoms with E-state index in [9.17, 15) is 14.0 Å². The summed E-state index contributed by atoms with van der Waals surface area (Å²) in [5.74, 6) is -0.455. The van der Waals surface area contributed by atoms with Crippen LogP contribution in [-0.2, 0) is 11.3 Å². The number of halogens is 2. The van der Waals surface area contributed by atoms with Crippen LogP contribution in [0.25, 0.3) is 17.0 Å². The number of aromatic nitrogens is 4. The molecule has 1 N–H and O–H groups in total. The van der Waals surface area contributed by atoms with E-state index in [0.717, 1.165) is 4.68 Å². The van der Waals surface area contributed by atoms with Crippen LogP contribution in [0.4, 0.5) is 10.1 Å². The van der Waals surface area contributed by atoms with Crippen molar-refractivity contribution in [2.45, 2.75) is 13.5 Å². The summed E-state index contributed by atoms with van der Waals surface area (Å²) in [6, 6.07) is 13.9. The number of fused-ring (bicyclic) bond motifs is 1. The minimum absolute atomic E-state index is 0.295. The lowest BCUT2D eigenvalue weighted by atomic mass is 10.2. The zero-order valence-electron chi connectivity index (χ0n) is 15.3. The first kappa shape index (κ1) is 18.8. The molecule has 4 rings (SSSR count). The maximum absolute atomic E-state index is 13.0. The lowest BCUT2D eigenvalue weighted by Crippen LogP contribution is -2.28. The number of amides is 1. The van der Waals surface area contributed by atoms with E-state index in [1.165, 1.54) is 28.7 Å². The first-order chi connectivity index (χ1) is 13.9. The minimum Gasteiger partial charge on any atom is -0.324 e. The highest BCUT2D eigenvalue weighted by Gasteiger charge is 2.16. The van der Waals surface area contributed by atoms with Crippen molar-refractivity contribution in [2.75, 3.05) is 5.32 Å². The van der Waals surface area contributed by atoms with Crippen LogP contribution in [0.5, 0.6) is 0 Å². The second kappa shape index (κ2) is 7.48. The average Bonchev–Trinajstić information content (AvgIpc) is 2.98. The Balaban J connectivity index is 1.69. The smallest absolute Gasteiger partial charge is 0.324 e. The lowest BCUT2D eigenvalue weighted by Gasteiger charge is -2.05. The maximum Gasteiger partial charge on any atom is 0.352 e. The predicted molar refractivity (Wildman–Crippen MR) is 107 cm³/mol. The number of aryl methyl sites for hydroxylation is 1. The standard InChI is InChI=1S/C20H15ClFN5O2/c1-12-10-17-25-26(11-18(28)24-16-8-6-15(22)7-9-16)20(29)27(17)19(23-12)13-2-4-14(21)5-3-13/h2-10H,11H2,1H3,(H,24,28). The van der Waals surface area contributed by atoms with Crippen molar-refractivity contribution in [3.8, 4) is 11.4 Å². The van der Waals surface area contributed by atoms with Gasteiger partial charge in [-0.2, -0.15) is 0 Å². The Kier molecular flexibility index (Phi) is 4.85. The quantitative estimate of drug-likeness (QED) is 0.558. The zero-order valence-corrected chi connectivity index (χ0v) is 16.0. The van der Waals surface area contributed by atoms with Gasteiger partial charge in [-0.25, -0.2) is 23.3 Å². The van der Waals surface area contributed by atoms with Crippen LogP contribution in [0.2, 0.25) is 5.02 Å². The molecule has 0 aliphatic rings. The van der Waals surface area contributed by atoms with Crippen molar-refractivity contribution < 1.29 is 9.18 Å². The van der Waals surface area contributed by atoms with Gasteiger partial charge in [0.05, 0.1) is 0 Å². The van der Waals surface area contributed by atoms with Gasteiger partial charge < -0.3 is 5.32 Å². The summed E-state index contributed by atoms with van der Waals surface area (Å²) >= 11 is 5.95. The summed E-state index contributed by atoms with van der Waals surface area (Å²) in [6.07, 6.45) is 0. The van der Waals surface area contributed by atoms with E-state index < -0.39 is 17.4 Å². The molecule has 146 valence electrons. The molecule has 29 heavy (non-hydrogen) atoms. The third-order valence-corrected chi connectivity index (χ3v) is 4.47. The first-order valence-corrected chi connectivity index (χ1v) is 9.07. The van der Waals surface area contributed by atoms with Gasteiger partial charge >= 0.3 is 5.69 Å². The third kappa shape index (κ3) is 3.88. The molecule has 4 aromatic rings. The molecule has 0 aliphatic carbocycles. The van der Waals surface area contributed by atoms with Gasteiger partial charge in [0.2, 0.25) is 5.91 Å². The Morgan fingerprint density at radius 2 is 1.83 bits per heavy atom. The number of hydrogen-bond acceptors (Lipinski definition) is 4. The van der Waals surface area contributed by atoms with Gasteiger partial charge in [-0.05, 0) is 55.5 Å². The van der Waals surface area contributed by atoms with Crippen molar-refractivity contribution in [2.24, 2.45) is 0 Å². The summed E-state index contributed by atoms with van der Waals surface area (Å²) in [4.78, 5) is 29.7. The summed E-state index contributed by atoms with van der Waals surface area (Å²) in [5, 5.41) is 7.43. The fourth-order valence-electron chi connectivity index (χ4n) is 2.92. The number of carbonyl (C=O) groups excluding carboxylic acids is 1. The molecular formula is C20H15ClFN5O2. The van der Waals surface area contributed by atoms with Gasteiger partial charge in [0.25, 0.3) is 0 Å². The topological polar surface area (TPSA) is 81.3 Å². The molecule has 0 atom stereocenters. The van der Waals surface area contributed by atoms with Crippen LogP contribution < -0.4 is 11.0 Å². The number of anilines is 1. The van der Waals surface area contributed by atoms with Crippen LogP contribution in [0.15, 0.2) is 59.4 Å². The van der Waals surface area contributed by atoms with Crippen LogP contribution >= 0.6 is 11.6 Å². The molecule has 0 bridgehead atoms. The van der Waals surface area contributed by atoms with E-state index in [1.54, 1.807) is 37.3 Å². The molecule has 1 amide bonds. The number of rotatable bonds is 4. The van der Waals surface area contributed by atoms with Gasteiger partial charge in [0, 0.05) is 28.0 Å². The van der Waals surface area contributed by atoms with Gasteiger partial charge in [0.15, 0.2) is 5.65 Å². The molecule has 0 spiro atoms. The molecule has 0 fully saturated rings. The van der Waals surface area contributed by atoms with Crippen molar-refractivity contribution in [1.82, 2.24) is 19.2 Å². The third-order valence-electron chi connectivity index (χ3n) is 4.22. The molecule has 0 radical (unpaired) electrons. The number of benzene rings is 2. The SMILES string of the molecule is Cc1cc2nn(CC(=O)Nc3ccc(F)cc3)c(=O)n2c(-c2ccc(Cl)cc2)n1. The molecule has 2 aromatic carbocycles. The van der Waals surface area contributed by atoms with Crippen LogP contribution in [0.3, 0.4) is 0 Å². The highest BCUT2D eigenvalue weighted by molar-refractivity contribution is 6.30. The largest absolute Gasteiger partial charge is 0.352 e. The molecular weight excluding hydrogens is 397 g/mol. The zero-order chi connectivity index (χ0) is 20.5. The highest BCUT2D eigenvalue weighted by atomic mass is 35.5. The van der Waals surface area contributed by atoms with E-state index >= 15 is 0 Å².